The van der Waals surface area contributed by atoms with Gasteiger partial charge in [-0.05, 0) is 25.2 Å². The van der Waals surface area contributed by atoms with Crippen LogP contribution in [0, 0.1) is 23.2 Å². The molecule has 0 aromatic rings. The number of nitrogens with zero attached hydrogens (tertiary/aromatic N) is 2. The Morgan fingerprint density at radius 2 is 2.08 bits per heavy atom. The number of nitriles is 1. The molecule has 0 bridgehead atoms. The fourth-order valence-electron chi connectivity index (χ4n) is 2.13. The summed E-state index contributed by atoms with van der Waals surface area (Å²) in [5.74, 6) is 1.49. The molecule has 1 rings (SSSR count). The molecule has 1 aliphatic rings. The average molecular weight is 166 g/mol. The number of piperidine rings is 1. The lowest BCUT2D eigenvalue weighted by Gasteiger charge is -2.39. The van der Waals surface area contributed by atoms with E-state index in [2.05, 4.69) is 31.7 Å². The number of hydrogen-bond acceptors (Lipinski definition) is 2. The van der Waals surface area contributed by atoms with Crippen molar-refractivity contribution in [3.05, 3.63) is 0 Å². The molecule has 1 saturated heterocycles. The van der Waals surface area contributed by atoms with Crippen LogP contribution in [0.3, 0.4) is 0 Å². The normalized spacial score (nSPS) is 37.7. The van der Waals surface area contributed by atoms with Gasteiger partial charge in [-0.2, -0.15) is 5.26 Å². The lowest BCUT2D eigenvalue weighted by Crippen LogP contribution is -2.45. The molecule has 1 aliphatic heterocycles. The van der Waals surface area contributed by atoms with E-state index in [1.807, 2.05) is 0 Å². The quantitative estimate of drug-likeness (QED) is 0.556. The largest absolute Gasteiger partial charge is 0.287 e. The summed E-state index contributed by atoms with van der Waals surface area (Å²) in [5, 5.41) is 8.62. The molecule has 0 aromatic carbocycles. The van der Waals surface area contributed by atoms with Gasteiger partial charge in [0.25, 0.3) is 0 Å². The Hall–Kier alpha value is -0.550. The van der Waals surface area contributed by atoms with Crippen molar-refractivity contribution in [3.63, 3.8) is 0 Å². The van der Waals surface area contributed by atoms with Gasteiger partial charge >= 0.3 is 0 Å². The molecule has 2 heteroatoms. The predicted molar refractivity (Wildman–Crippen MR) is 49.6 cm³/mol. The Morgan fingerprint density at radius 1 is 1.42 bits per heavy atom. The monoisotopic (exact) mass is 166 g/mol. The highest BCUT2D eigenvalue weighted by Gasteiger charge is 2.27. The van der Waals surface area contributed by atoms with Crippen LogP contribution >= 0.6 is 0 Å². The first-order chi connectivity index (χ1) is 5.65. The minimum Gasteiger partial charge on any atom is -0.287 e. The molecule has 0 aliphatic carbocycles. The lowest BCUT2D eigenvalue weighted by atomic mass is 9.86. The van der Waals surface area contributed by atoms with Crippen LogP contribution in [0.5, 0.6) is 0 Å². The second kappa shape index (κ2) is 3.91. The van der Waals surface area contributed by atoms with Gasteiger partial charge in [0.15, 0.2) is 0 Å². The zero-order valence-corrected chi connectivity index (χ0v) is 8.25. The van der Waals surface area contributed by atoms with Gasteiger partial charge in [-0.1, -0.05) is 13.8 Å². The highest BCUT2D eigenvalue weighted by Crippen LogP contribution is 2.26. The van der Waals surface area contributed by atoms with Crippen LogP contribution in [-0.2, 0) is 0 Å². The molecule has 0 aromatic heterocycles. The molecule has 68 valence electrons. The summed E-state index contributed by atoms with van der Waals surface area (Å²) in [6, 6.07) is 2.82. The molecule has 3 atom stereocenters. The molecule has 0 spiro atoms. The highest BCUT2D eigenvalue weighted by molar-refractivity contribution is 4.87. The van der Waals surface area contributed by atoms with E-state index in [1.165, 1.54) is 6.42 Å². The summed E-state index contributed by atoms with van der Waals surface area (Å²) in [6.45, 7) is 8.47. The number of hydrogen-bond donors (Lipinski definition) is 0. The van der Waals surface area contributed by atoms with Gasteiger partial charge in [0.2, 0.25) is 0 Å². The third kappa shape index (κ3) is 1.98. The molecule has 1 heterocycles. The van der Waals surface area contributed by atoms with Gasteiger partial charge in [-0.3, -0.25) is 4.90 Å². The van der Waals surface area contributed by atoms with E-state index in [-0.39, 0.29) is 0 Å². The molecule has 0 amide bonds. The van der Waals surface area contributed by atoms with Crippen molar-refractivity contribution in [2.75, 3.05) is 13.1 Å². The summed E-state index contributed by atoms with van der Waals surface area (Å²) in [4.78, 5) is 2.29. The topological polar surface area (TPSA) is 27.0 Å². The zero-order chi connectivity index (χ0) is 9.14. The molecule has 1 fully saturated rings. The minimum atomic E-state index is 0.584. The van der Waals surface area contributed by atoms with E-state index in [9.17, 15) is 0 Å². The van der Waals surface area contributed by atoms with Crippen LogP contribution in [0.25, 0.3) is 0 Å². The van der Waals surface area contributed by atoms with Gasteiger partial charge in [0.1, 0.15) is 0 Å². The first-order valence-electron chi connectivity index (χ1n) is 4.76. The number of rotatable bonds is 1. The van der Waals surface area contributed by atoms with E-state index >= 15 is 0 Å². The smallest absolute Gasteiger partial charge is 0.0868 e. The molecule has 0 saturated carbocycles. The van der Waals surface area contributed by atoms with Crippen LogP contribution in [0.2, 0.25) is 0 Å². The van der Waals surface area contributed by atoms with Crippen molar-refractivity contribution in [2.45, 2.75) is 33.2 Å². The van der Waals surface area contributed by atoms with E-state index in [4.69, 9.17) is 5.26 Å². The first kappa shape index (κ1) is 9.54. The standard InChI is InChI=1S/C10H18N2/c1-8-6-9(2)10(3)12(7-8)5-4-11/h8-10H,5-7H2,1-3H3. The Morgan fingerprint density at radius 3 is 2.67 bits per heavy atom. The highest BCUT2D eigenvalue weighted by atomic mass is 15.2. The van der Waals surface area contributed by atoms with Gasteiger partial charge in [0.05, 0.1) is 12.6 Å². The summed E-state index contributed by atoms with van der Waals surface area (Å²) in [5.41, 5.74) is 0. The third-order valence-corrected chi connectivity index (χ3v) is 2.99. The summed E-state index contributed by atoms with van der Waals surface area (Å²) >= 11 is 0. The van der Waals surface area contributed by atoms with E-state index in [0.717, 1.165) is 18.4 Å². The van der Waals surface area contributed by atoms with Crippen molar-refractivity contribution < 1.29 is 0 Å². The lowest BCUT2D eigenvalue weighted by molar-refractivity contribution is 0.0931. The van der Waals surface area contributed by atoms with Crippen molar-refractivity contribution in [1.82, 2.24) is 4.90 Å². The van der Waals surface area contributed by atoms with Crippen LogP contribution in [0.15, 0.2) is 0 Å². The van der Waals surface area contributed by atoms with Crippen molar-refractivity contribution >= 4 is 0 Å². The van der Waals surface area contributed by atoms with E-state index in [0.29, 0.717) is 12.6 Å². The van der Waals surface area contributed by atoms with Gasteiger partial charge in [-0.25, -0.2) is 0 Å². The number of likely N-dealkylation sites (tertiary alicyclic amines) is 1. The van der Waals surface area contributed by atoms with Crippen LogP contribution in [-0.4, -0.2) is 24.0 Å². The summed E-state index contributed by atoms with van der Waals surface area (Å²) < 4.78 is 0. The fraction of sp³-hybridized carbons (Fsp3) is 0.900. The van der Waals surface area contributed by atoms with E-state index < -0.39 is 0 Å². The Kier molecular flexibility index (Phi) is 3.11. The van der Waals surface area contributed by atoms with Crippen LogP contribution in [0.4, 0.5) is 0 Å². The average Bonchev–Trinajstić information content (AvgIpc) is 2.00. The van der Waals surface area contributed by atoms with Gasteiger partial charge in [0, 0.05) is 12.6 Å². The summed E-state index contributed by atoms with van der Waals surface area (Å²) in [7, 11) is 0. The predicted octanol–water partition coefficient (Wildman–Crippen LogP) is 1.88. The summed E-state index contributed by atoms with van der Waals surface area (Å²) in [6.07, 6.45) is 1.31. The minimum absolute atomic E-state index is 0.584. The maximum Gasteiger partial charge on any atom is 0.0868 e. The first-order valence-corrected chi connectivity index (χ1v) is 4.76. The molecule has 3 unspecified atom stereocenters. The van der Waals surface area contributed by atoms with Gasteiger partial charge in [-0.15, -0.1) is 0 Å². The second-order valence-corrected chi connectivity index (χ2v) is 4.15. The Labute approximate surface area is 75.2 Å². The molecule has 0 radical (unpaired) electrons. The van der Waals surface area contributed by atoms with Crippen molar-refractivity contribution in [2.24, 2.45) is 11.8 Å². The molecular formula is C10H18N2. The molecule has 0 N–H and O–H groups in total. The third-order valence-electron chi connectivity index (χ3n) is 2.99. The molecular weight excluding hydrogens is 148 g/mol. The maximum atomic E-state index is 8.62. The van der Waals surface area contributed by atoms with Crippen molar-refractivity contribution in [3.8, 4) is 6.07 Å². The fourth-order valence-corrected chi connectivity index (χ4v) is 2.13. The van der Waals surface area contributed by atoms with Crippen molar-refractivity contribution in [1.29, 1.82) is 5.26 Å². The van der Waals surface area contributed by atoms with Crippen LogP contribution < -0.4 is 0 Å². The SMILES string of the molecule is CC1CC(C)C(C)N(CC#N)C1. The van der Waals surface area contributed by atoms with Crippen LogP contribution in [0.1, 0.15) is 27.2 Å². The maximum absolute atomic E-state index is 8.62. The second-order valence-electron chi connectivity index (χ2n) is 4.15. The van der Waals surface area contributed by atoms with E-state index in [1.54, 1.807) is 0 Å². The molecule has 2 nitrogen and oxygen atoms in total. The Balaban J connectivity index is 2.55. The Bertz CT molecular complexity index is 183. The zero-order valence-electron chi connectivity index (χ0n) is 8.25. The van der Waals surface area contributed by atoms with Gasteiger partial charge < -0.3 is 0 Å². The molecule has 12 heavy (non-hydrogen) atoms.